The molecule has 0 unspecified atom stereocenters. The Balaban J connectivity index is 2.37. The molecule has 0 aromatic heterocycles. The van der Waals surface area contributed by atoms with Gasteiger partial charge in [-0.1, -0.05) is 12.1 Å². The number of nitriles is 1. The van der Waals surface area contributed by atoms with Crippen molar-refractivity contribution < 1.29 is 19.4 Å². The van der Waals surface area contributed by atoms with Gasteiger partial charge in [-0.15, -0.1) is 0 Å². The third kappa shape index (κ3) is 3.26. The minimum absolute atomic E-state index is 0.0658. The molecule has 6 nitrogen and oxygen atoms in total. The fourth-order valence-corrected chi connectivity index (χ4v) is 2.83. The Bertz CT molecular complexity index is 591. The van der Waals surface area contributed by atoms with Crippen LogP contribution in [0.25, 0.3) is 0 Å². The first-order valence-electron chi connectivity index (χ1n) is 7.09. The number of ether oxygens (including phenoxy) is 1. The van der Waals surface area contributed by atoms with E-state index in [0.717, 1.165) is 5.56 Å². The zero-order valence-electron chi connectivity index (χ0n) is 12.4. The maximum absolute atomic E-state index is 12.2. The molecule has 0 bridgehead atoms. The molecule has 0 radical (unpaired) electrons. The molecule has 0 spiro atoms. The summed E-state index contributed by atoms with van der Waals surface area (Å²) in [6.45, 7) is 0.703. The van der Waals surface area contributed by atoms with Gasteiger partial charge in [0.05, 0.1) is 30.2 Å². The molecule has 6 heteroatoms. The van der Waals surface area contributed by atoms with Gasteiger partial charge in [0.2, 0.25) is 5.91 Å². The molecular weight excluding hydrogens is 284 g/mol. The highest BCUT2D eigenvalue weighted by Crippen LogP contribution is 2.36. The minimum Gasteiger partial charge on any atom is -0.481 e. The molecule has 1 aliphatic rings. The van der Waals surface area contributed by atoms with Gasteiger partial charge < -0.3 is 14.7 Å². The maximum Gasteiger partial charge on any atom is 0.308 e. The van der Waals surface area contributed by atoms with E-state index in [1.165, 1.54) is 0 Å². The molecule has 1 amide bonds. The lowest BCUT2D eigenvalue weighted by Gasteiger charge is -2.39. The van der Waals surface area contributed by atoms with Gasteiger partial charge in [-0.05, 0) is 24.1 Å². The lowest BCUT2D eigenvalue weighted by Crippen LogP contribution is -2.46. The minimum atomic E-state index is -0.913. The first kappa shape index (κ1) is 16.0. The van der Waals surface area contributed by atoms with Crippen LogP contribution in [-0.4, -0.2) is 42.1 Å². The number of benzene rings is 1. The van der Waals surface area contributed by atoms with Crippen molar-refractivity contribution in [3.05, 3.63) is 35.4 Å². The SMILES string of the molecule is COCCN1C(=O)CC[C@H](C(=O)O)[C@H]1c1ccc(C#N)cc1. The van der Waals surface area contributed by atoms with E-state index >= 15 is 0 Å². The van der Waals surface area contributed by atoms with Gasteiger partial charge in [-0.25, -0.2) is 0 Å². The van der Waals surface area contributed by atoms with Gasteiger partial charge in [0, 0.05) is 20.1 Å². The molecule has 2 atom stereocenters. The third-order valence-corrected chi connectivity index (χ3v) is 3.94. The molecule has 1 fully saturated rings. The topological polar surface area (TPSA) is 90.6 Å². The summed E-state index contributed by atoms with van der Waals surface area (Å²) in [6, 6.07) is 8.22. The number of hydrogen-bond donors (Lipinski definition) is 1. The monoisotopic (exact) mass is 302 g/mol. The van der Waals surface area contributed by atoms with Crippen molar-refractivity contribution in [3.63, 3.8) is 0 Å². The normalized spacial score (nSPS) is 21.5. The Morgan fingerprint density at radius 1 is 1.45 bits per heavy atom. The van der Waals surface area contributed by atoms with Crippen molar-refractivity contribution in [3.8, 4) is 6.07 Å². The van der Waals surface area contributed by atoms with Gasteiger partial charge >= 0.3 is 5.97 Å². The van der Waals surface area contributed by atoms with E-state index in [1.54, 1.807) is 36.3 Å². The van der Waals surface area contributed by atoms with Gasteiger partial charge in [-0.2, -0.15) is 5.26 Å². The molecule has 116 valence electrons. The van der Waals surface area contributed by atoms with E-state index in [9.17, 15) is 14.7 Å². The number of amides is 1. The average Bonchev–Trinajstić information content (AvgIpc) is 2.53. The van der Waals surface area contributed by atoms with Crippen LogP contribution < -0.4 is 0 Å². The highest BCUT2D eigenvalue weighted by molar-refractivity contribution is 5.81. The molecule has 2 rings (SSSR count). The standard InChI is InChI=1S/C16H18N2O4/c1-22-9-8-18-14(19)7-6-13(16(20)21)15(18)12-4-2-11(10-17)3-5-12/h2-5,13,15H,6-9H2,1H3,(H,20,21)/t13-,15+/m0/s1. The second-order valence-electron chi connectivity index (χ2n) is 5.24. The van der Waals surface area contributed by atoms with Crippen LogP contribution in [-0.2, 0) is 14.3 Å². The smallest absolute Gasteiger partial charge is 0.308 e. The van der Waals surface area contributed by atoms with Crippen LogP contribution in [0.4, 0.5) is 0 Å². The summed E-state index contributed by atoms with van der Waals surface area (Å²) in [7, 11) is 1.54. The van der Waals surface area contributed by atoms with Crippen molar-refractivity contribution in [1.82, 2.24) is 4.90 Å². The largest absolute Gasteiger partial charge is 0.481 e. The maximum atomic E-state index is 12.2. The van der Waals surface area contributed by atoms with Crippen LogP contribution in [0.1, 0.15) is 30.0 Å². The van der Waals surface area contributed by atoms with Gasteiger partial charge in [0.15, 0.2) is 0 Å². The van der Waals surface area contributed by atoms with Crippen molar-refractivity contribution in [2.75, 3.05) is 20.3 Å². The van der Waals surface area contributed by atoms with Crippen molar-refractivity contribution in [2.24, 2.45) is 5.92 Å². The molecule has 0 aliphatic carbocycles. The van der Waals surface area contributed by atoms with E-state index in [1.807, 2.05) is 6.07 Å². The van der Waals surface area contributed by atoms with Crippen molar-refractivity contribution >= 4 is 11.9 Å². The van der Waals surface area contributed by atoms with Crippen LogP contribution >= 0.6 is 0 Å². The Morgan fingerprint density at radius 2 is 2.14 bits per heavy atom. The number of methoxy groups -OCH3 is 1. The molecular formula is C16H18N2O4. The predicted octanol–water partition coefficient (Wildman–Crippen LogP) is 1.57. The summed E-state index contributed by atoms with van der Waals surface area (Å²) in [5, 5.41) is 18.3. The molecule has 1 aromatic rings. The molecule has 1 aromatic carbocycles. The second-order valence-corrected chi connectivity index (χ2v) is 5.24. The van der Waals surface area contributed by atoms with E-state index < -0.39 is 17.9 Å². The first-order valence-corrected chi connectivity index (χ1v) is 7.09. The third-order valence-electron chi connectivity index (χ3n) is 3.94. The van der Waals surface area contributed by atoms with Gasteiger partial charge in [0.1, 0.15) is 0 Å². The number of likely N-dealkylation sites (tertiary alicyclic amines) is 1. The number of carboxylic acids is 1. The number of carbonyl (C=O) groups excluding carboxylic acids is 1. The van der Waals surface area contributed by atoms with Crippen LogP contribution in [0.5, 0.6) is 0 Å². The number of rotatable bonds is 5. The summed E-state index contributed by atoms with van der Waals surface area (Å²) in [6.07, 6.45) is 0.551. The van der Waals surface area contributed by atoms with E-state index in [0.29, 0.717) is 25.1 Å². The zero-order valence-corrected chi connectivity index (χ0v) is 12.4. The van der Waals surface area contributed by atoms with E-state index in [-0.39, 0.29) is 12.3 Å². The fourth-order valence-electron chi connectivity index (χ4n) is 2.83. The Morgan fingerprint density at radius 3 is 2.68 bits per heavy atom. The summed E-state index contributed by atoms with van der Waals surface area (Å²) < 4.78 is 5.02. The number of aliphatic carboxylic acids is 1. The lowest BCUT2D eigenvalue weighted by molar-refractivity contribution is -0.152. The second kappa shape index (κ2) is 7.05. The average molecular weight is 302 g/mol. The number of hydrogen-bond acceptors (Lipinski definition) is 4. The van der Waals surface area contributed by atoms with Crippen molar-refractivity contribution in [1.29, 1.82) is 5.26 Å². The van der Waals surface area contributed by atoms with Crippen LogP contribution in [0.3, 0.4) is 0 Å². The summed E-state index contributed by atoms with van der Waals surface area (Å²) >= 11 is 0. The van der Waals surface area contributed by atoms with E-state index in [2.05, 4.69) is 0 Å². The number of nitrogens with zero attached hydrogens (tertiary/aromatic N) is 2. The van der Waals surface area contributed by atoms with Gasteiger partial charge in [-0.3, -0.25) is 9.59 Å². The van der Waals surface area contributed by atoms with Crippen LogP contribution in [0.15, 0.2) is 24.3 Å². The predicted molar refractivity (Wildman–Crippen MR) is 77.8 cm³/mol. The molecule has 1 heterocycles. The zero-order chi connectivity index (χ0) is 16.1. The highest BCUT2D eigenvalue weighted by atomic mass is 16.5. The number of carbonyl (C=O) groups is 2. The van der Waals surface area contributed by atoms with Crippen molar-refractivity contribution in [2.45, 2.75) is 18.9 Å². The molecule has 1 aliphatic heterocycles. The van der Waals surface area contributed by atoms with Gasteiger partial charge in [0.25, 0.3) is 0 Å². The quantitative estimate of drug-likeness (QED) is 0.891. The summed E-state index contributed by atoms with van der Waals surface area (Å²) in [5.41, 5.74) is 1.23. The van der Waals surface area contributed by atoms with Crippen LogP contribution in [0, 0.1) is 17.2 Å². The number of carboxylic acid groups (broad SMARTS) is 1. The Kier molecular flexibility index (Phi) is 5.12. The highest BCUT2D eigenvalue weighted by Gasteiger charge is 2.40. The Labute approximate surface area is 128 Å². The lowest BCUT2D eigenvalue weighted by atomic mass is 9.84. The molecule has 0 saturated carbocycles. The molecule has 1 saturated heterocycles. The fraction of sp³-hybridized carbons (Fsp3) is 0.438. The molecule has 22 heavy (non-hydrogen) atoms. The Hall–Kier alpha value is -2.39. The summed E-state index contributed by atoms with van der Waals surface area (Å²) in [5.74, 6) is -1.63. The number of piperidine rings is 1. The molecule has 1 N–H and O–H groups in total. The van der Waals surface area contributed by atoms with Crippen LogP contribution in [0.2, 0.25) is 0 Å². The summed E-state index contributed by atoms with van der Waals surface area (Å²) in [4.78, 5) is 25.3. The first-order chi connectivity index (χ1) is 10.6. The van der Waals surface area contributed by atoms with E-state index in [4.69, 9.17) is 10.00 Å².